The maximum absolute atomic E-state index is 13.2. The molecule has 1 aliphatic rings. The molecular weight excluding hydrogens is 428 g/mol. The van der Waals surface area contributed by atoms with Crippen LogP contribution in [0.1, 0.15) is 0 Å². The van der Waals surface area contributed by atoms with Gasteiger partial charge in [0.05, 0.1) is 13.7 Å². The summed E-state index contributed by atoms with van der Waals surface area (Å²) in [5, 5.41) is 59.6. The Labute approximate surface area is 179 Å². The lowest BCUT2D eigenvalue weighted by molar-refractivity contribution is -0.242. The average molecular weight is 448 g/mol. The van der Waals surface area contributed by atoms with Crippen molar-refractivity contribution < 1.29 is 49.3 Å². The first-order chi connectivity index (χ1) is 15.2. The molecule has 1 aliphatic heterocycles. The van der Waals surface area contributed by atoms with Gasteiger partial charge in [0, 0.05) is 17.7 Å². The number of hydrogen-bond donors (Lipinski definition) is 6. The first-order valence-electron chi connectivity index (χ1n) is 9.44. The molecule has 6 N–H and O–H groups in total. The van der Waals surface area contributed by atoms with Crippen LogP contribution in [0.5, 0.6) is 28.7 Å². The van der Waals surface area contributed by atoms with E-state index in [-0.39, 0.29) is 46.1 Å². The molecule has 32 heavy (non-hydrogen) atoms. The van der Waals surface area contributed by atoms with Gasteiger partial charge in [-0.05, 0) is 18.2 Å². The second-order valence-corrected chi connectivity index (χ2v) is 7.18. The van der Waals surface area contributed by atoms with Crippen molar-refractivity contribution in [3.05, 3.63) is 40.6 Å². The Bertz CT molecular complexity index is 1220. The maximum Gasteiger partial charge on any atom is 0.239 e. The average Bonchev–Trinajstić information content (AvgIpc) is 2.74. The fourth-order valence-electron chi connectivity index (χ4n) is 3.40. The van der Waals surface area contributed by atoms with Gasteiger partial charge in [0.15, 0.2) is 17.3 Å². The number of phenols is 3. The number of rotatable bonds is 4. The number of fused-ring (bicyclic) bond motifs is 1. The van der Waals surface area contributed by atoms with E-state index in [1.165, 1.54) is 25.3 Å². The summed E-state index contributed by atoms with van der Waals surface area (Å²) in [5.74, 6) is -1.79. The number of methoxy groups -OCH3 is 1. The Hall–Kier alpha value is -3.51. The number of aliphatic hydroxyl groups excluding tert-OH is 3. The zero-order valence-corrected chi connectivity index (χ0v) is 16.6. The van der Waals surface area contributed by atoms with Crippen LogP contribution in [-0.2, 0) is 4.74 Å². The van der Waals surface area contributed by atoms with Crippen molar-refractivity contribution in [3.8, 4) is 40.1 Å². The summed E-state index contributed by atoms with van der Waals surface area (Å²) in [6, 6.07) is 6.14. The molecule has 170 valence electrons. The molecule has 1 saturated heterocycles. The van der Waals surface area contributed by atoms with E-state index in [1.807, 2.05) is 0 Å². The van der Waals surface area contributed by atoms with E-state index in [2.05, 4.69) is 0 Å². The van der Waals surface area contributed by atoms with Gasteiger partial charge in [-0.15, -0.1) is 0 Å². The molecule has 2 aromatic carbocycles. The number of aliphatic hydroxyl groups is 3. The summed E-state index contributed by atoms with van der Waals surface area (Å²) in [7, 11) is 1.35. The van der Waals surface area contributed by atoms with Gasteiger partial charge in [-0.25, -0.2) is 0 Å². The molecule has 2 heterocycles. The van der Waals surface area contributed by atoms with Gasteiger partial charge < -0.3 is 49.3 Å². The lowest BCUT2D eigenvalue weighted by atomic mass is 10.1. The molecule has 4 rings (SSSR count). The van der Waals surface area contributed by atoms with Crippen LogP contribution in [0.2, 0.25) is 0 Å². The molecule has 0 radical (unpaired) electrons. The molecule has 3 aromatic rings. The third-order valence-electron chi connectivity index (χ3n) is 5.05. The molecule has 11 nitrogen and oxygen atoms in total. The van der Waals surface area contributed by atoms with E-state index >= 15 is 0 Å². The predicted molar refractivity (Wildman–Crippen MR) is 108 cm³/mol. The Balaban J connectivity index is 1.91. The lowest BCUT2D eigenvalue weighted by Gasteiger charge is -2.34. The SMILES string of the molecule is COc1ccc(-c2oc3cc(O)cc(O)c3c(=O)c2O[C@H]2OC[C@H](O)[C@H](O)[C@@H]2O)cc1O. The zero-order valence-electron chi connectivity index (χ0n) is 16.6. The standard InChI is InChI=1S/C21H20O11/c1-29-13-3-2-8(4-10(13)23)19-20(32-21-18(28)16(26)12(25)7-30-21)17(27)15-11(24)5-9(22)6-14(15)31-19/h2-6,12,16,18,21-26,28H,7H2,1H3/t12-,16-,18-,21+/m0/s1. The minimum atomic E-state index is -1.71. The molecular formula is C21H20O11. The smallest absolute Gasteiger partial charge is 0.239 e. The van der Waals surface area contributed by atoms with Crippen LogP contribution < -0.4 is 14.9 Å². The summed E-state index contributed by atoms with van der Waals surface area (Å²) in [6.45, 7) is -0.375. The van der Waals surface area contributed by atoms with Crippen molar-refractivity contribution in [1.82, 2.24) is 0 Å². The Morgan fingerprint density at radius 1 is 1.00 bits per heavy atom. The van der Waals surface area contributed by atoms with Gasteiger partial charge in [-0.3, -0.25) is 4.79 Å². The summed E-state index contributed by atoms with van der Waals surface area (Å²) in [6.07, 6.45) is -6.22. The number of ether oxygens (including phenoxy) is 3. The molecule has 0 bridgehead atoms. The highest BCUT2D eigenvalue weighted by molar-refractivity contribution is 5.88. The van der Waals surface area contributed by atoms with Crippen molar-refractivity contribution in [2.24, 2.45) is 0 Å². The van der Waals surface area contributed by atoms with Gasteiger partial charge in [0.1, 0.15) is 40.8 Å². The van der Waals surface area contributed by atoms with Gasteiger partial charge in [0.25, 0.3) is 0 Å². The molecule has 4 atom stereocenters. The molecule has 11 heteroatoms. The van der Waals surface area contributed by atoms with E-state index in [0.717, 1.165) is 12.1 Å². The first kappa shape index (κ1) is 21.7. The minimum absolute atomic E-state index is 0.151. The van der Waals surface area contributed by atoms with Crippen LogP contribution in [0.25, 0.3) is 22.3 Å². The maximum atomic E-state index is 13.2. The van der Waals surface area contributed by atoms with Crippen molar-refractivity contribution in [1.29, 1.82) is 0 Å². The third-order valence-corrected chi connectivity index (χ3v) is 5.05. The highest BCUT2D eigenvalue weighted by Crippen LogP contribution is 2.39. The molecule has 0 saturated carbocycles. The van der Waals surface area contributed by atoms with Crippen LogP contribution in [0.3, 0.4) is 0 Å². The summed E-state index contributed by atoms with van der Waals surface area (Å²) in [5.41, 5.74) is -0.887. The normalized spacial score (nSPS) is 23.2. The number of aromatic hydroxyl groups is 3. The fourth-order valence-corrected chi connectivity index (χ4v) is 3.40. The van der Waals surface area contributed by atoms with Crippen LogP contribution in [0.15, 0.2) is 39.5 Å². The Morgan fingerprint density at radius 2 is 1.75 bits per heavy atom. The monoisotopic (exact) mass is 448 g/mol. The third kappa shape index (κ3) is 3.67. The van der Waals surface area contributed by atoms with Crippen LogP contribution in [0, 0.1) is 0 Å². The highest BCUT2D eigenvalue weighted by atomic mass is 16.7. The van der Waals surface area contributed by atoms with Gasteiger partial charge in [-0.2, -0.15) is 0 Å². The fraction of sp³-hybridized carbons (Fsp3) is 0.286. The van der Waals surface area contributed by atoms with Crippen molar-refractivity contribution in [2.75, 3.05) is 13.7 Å². The van der Waals surface area contributed by atoms with Crippen molar-refractivity contribution in [2.45, 2.75) is 24.6 Å². The molecule has 1 aromatic heterocycles. The van der Waals surface area contributed by atoms with Crippen LogP contribution in [-0.4, -0.2) is 69.0 Å². The number of benzene rings is 2. The van der Waals surface area contributed by atoms with Gasteiger partial charge in [-0.1, -0.05) is 0 Å². The Kier molecular flexibility index (Phi) is 5.57. The quantitative estimate of drug-likeness (QED) is 0.325. The topological polar surface area (TPSA) is 179 Å². The number of hydrogen-bond acceptors (Lipinski definition) is 11. The van der Waals surface area contributed by atoms with Gasteiger partial charge in [0.2, 0.25) is 17.5 Å². The van der Waals surface area contributed by atoms with Gasteiger partial charge >= 0.3 is 0 Å². The van der Waals surface area contributed by atoms with Crippen LogP contribution >= 0.6 is 0 Å². The Morgan fingerprint density at radius 3 is 2.44 bits per heavy atom. The van der Waals surface area contributed by atoms with E-state index in [9.17, 15) is 35.4 Å². The molecule has 1 fully saturated rings. The largest absolute Gasteiger partial charge is 0.508 e. The highest BCUT2D eigenvalue weighted by Gasteiger charge is 2.40. The first-order valence-corrected chi connectivity index (χ1v) is 9.44. The summed E-state index contributed by atoms with van der Waals surface area (Å²) >= 11 is 0. The van der Waals surface area contributed by atoms with E-state index < -0.39 is 41.5 Å². The minimum Gasteiger partial charge on any atom is -0.508 e. The second-order valence-electron chi connectivity index (χ2n) is 7.18. The predicted octanol–water partition coefficient (Wildman–Crippen LogP) is 0.403. The zero-order chi connectivity index (χ0) is 23.2. The molecule has 0 amide bonds. The number of phenolic OH excluding ortho intramolecular Hbond substituents is 3. The summed E-state index contributed by atoms with van der Waals surface area (Å²) in [4.78, 5) is 13.2. The van der Waals surface area contributed by atoms with E-state index in [4.69, 9.17) is 18.6 Å². The second kappa shape index (κ2) is 8.20. The molecule has 0 unspecified atom stereocenters. The van der Waals surface area contributed by atoms with Crippen molar-refractivity contribution >= 4 is 11.0 Å². The summed E-state index contributed by atoms with van der Waals surface area (Å²) < 4.78 is 21.5. The lowest BCUT2D eigenvalue weighted by Crippen LogP contribution is -2.55. The van der Waals surface area contributed by atoms with Crippen molar-refractivity contribution in [3.63, 3.8) is 0 Å². The van der Waals surface area contributed by atoms with Crippen LogP contribution in [0.4, 0.5) is 0 Å². The molecule has 0 aliphatic carbocycles. The molecule has 0 spiro atoms. The van der Waals surface area contributed by atoms with E-state index in [1.54, 1.807) is 0 Å². The van der Waals surface area contributed by atoms with E-state index in [0.29, 0.717) is 0 Å².